The minimum atomic E-state index is -0.464. The van der Waals surface area contributed by atoms with Crippen molar-refractivity contribution in [1.29, 1.82) is 0 Å². The lowest BCUT2D eigenvalue weighted by molar-refractivity contribution is -0.384. The van der Waals surface area contributed by atoms with Crippen LogP contribution in [0.4, 0.5) is 11.4 Å². The van der Waals surface area contributed by atoms with Crippen LogP contribution in [0.1, 0.15) is 34.8 Å². The number of likely N-dealkylation sites (N-methyl/N-ethyl adjacent to an activating group) is 1. The van der Waals surface area contributed by atoms with Gasteiger partial charge in [-0.05, 0) is 50.7 Å². The van der Waals surface area contributed by atoms with E-state index in [2.05, 4.69) is 10.6 Å². The molecule has 0 bridgehead atoms. The zero-order valence-electron chi connectivity index (χ0n) is 15.8. The third-order valence-electron chi connectivity index (χ3n) is 4.74. The minimum absolute atomic E-state index is 0.0881. The third kappa shape index (κ3) is 4.79. The SMILES string of the molecule is CN(C)C(CNC(=O)c1ccc(NC2CC2)c([N+](=O)[O-])c1)c1ccccc1Cl. The van der Waals surface area contributed by atoms with Crippen LogP contribution in [0.15, 0.2) is 42.5 Å². The molecule has 8 heteroatoms. The first-order valence-electron chi connectivity index (χ1n) is 9.11. The summed E-state index contributed by atoms with van der Waals surface area (Å²) >= 11 is 6.29. The summed E-state index contributed by atoms with van der Waals surface area (Å²) in [6.45, 7) is 0.325. The van der Waals surface area contributed by atoms with Crippen LogP contribution in [-0.2, 0) is 0 Å². The molecule has 7 nitrogen and oxygen atoms in total. The highest BCUT2D eigenvalue weighted by atomic mass is 35.5. The van der Waals surface area contributed by atoms with Gasteiger partial charge < -0.3 is 15.5 Å². The molecule has 2 aromatic rings. The number of hydrogen-bond acceptors (Lipinski definition) is 5. The smallest absolute Gasteiger partial charge is 0.293 e. The fourth-order valence-corrected chi connectivity index (χ4v) is 3.26. The first-order valence-corrected chi connectivity index (χ1v) is 9.48. The molecule has 1 saturated carbocycles. The van der Waals surface area contributed by atoms with E-state index in [0.717, 1.165) is 18.4 Å². The van der Waals surface area contributed by atoms with Gasteiger partial charge in [0.2, 0.25) is 0 Å². The van der Waals surface area contributed by atoms with Gasteiger partial charge in [0.25, 0.3) is 11.6 Å². The summed E-state index contributed by atoms with van der Waals surface area (Å²) in [6.07, 6.45) is 2.01. The number of nitrogens with zero attached hydrogens (tertiary/aromatic N) is 2. The molecule has 1 unspecified atom stereocenters. The maximum Gasteiger partial charge on any atom is 0.293 e. The van der Waals surface area contributed by atoms with E-state index in [9.17, 15) is 14.9 Å². The molecule has 1 atom stereocenters. The van der Waals surface area contributed by atoms with Crippen molar-refractivity contribution in [3.63, 3.8) is 0 Å². The zero-order chi connectivity index (χ0) is 20.3. The van der Waals surface area contributed by atoms with E-state index in [1.807, 2.05) is 43.3 Å². The molecular formula is C20H23ClN4O3. The summed E-state index contributed by atoms with van der Waals surface area (Å²) in [5.41, 5.74) is 1.52. The summed E-state index contributed by atoms with van der Waals surface area (Å²) in [7, 11) is 3.81. The standard InChI is InChI=1S/C20H23ClN4O3/c1-24(2)19(15-5-3-4-6-16(15)21)12-22-20(26)13-7-10-17(23-14-8-9-14)18(11-13)25(27)28/h3-7,10-11,14,19,23H,8-9,12H2,1-2H3,(H,22,26). The highest BCUT2D eigenvalue weighted by Gasteiger charge is 2.26. The van der Waals surface area contributed by atoms with Gasteiger partial charge in [-0.15, -0.1) is 0 Å². The van der Waals surface area contributed by atoms with Crippen molar-refractivity contribution < 1.29 is 9.72 Å². The van der Waals surface area contributed by atoms with E-state index in [0.29, 0.717) is 17.3 Å². The summed E-state index contributed by atoms with van der Waals surface area (Å²) in [6, 6.07) is 12.2. The molecule has 1 aliphatic carbocycles. The average Bonchev–Trinajstić information content (AvgIpc) is 3.47. The van der Waals surface area contributed by atoms with Gasteiger partial charge in [0.05, 0.1) is 11.0 Å². The van der Waals surface area contributed by atoms with Crippen LogP contribution in [0.5, 0.6) is 0 Å². The van der Waals surface area contributed by atoms with Crippen molar-refractivity contribution in [3.8, 4) is 0 Å². The van der Waals surface area contributed by atoms with Gasteiger partial charge in [-0.1, -0.05) is 29.8 Å². The number of nitrogens with one attached hydrogen (secondary N) is 2. The van der Waals surface area contributed by atoms with Crippen molar-refractivity contribution in [1.82, 2.24) is 10.2 Å². The van der Waals surface area contributed by atoms with Crippen LogP contribution < -0.4 is 10.6 Å². The Morgan fingerprint density at radius 2 is 2.00 bits per heavy atom. The number of nitro benzene ring substituents is 1. The van der Waals surface area contributed by atoms with Gasteiger partial charge in [-0.3, -0.25) is 14.9 Å². The molecule has 0 aliphatic heterocycles. The lowest BCUT2D eigenvalue weighted by Gasteiger charge is -2.26. The molecule has 3 rings (SSSR count). The molecule has 0 heterocycles. The van der Waals surface area contributed by atoms with Crippen molar-refractivity contribution in [2.75, 3.05) is 26.0 Å². The summed E-state index contributed by atoms with van der Waals surface area (Å²) in [5.74, 6) is -0.361. The fourth-order valence-electron chi connectivity index (χ4n) is 3.00. The van der Waals surface area contributed by atoms with Crippen molar-refractivity contribution in [2.45, 2.75) is 24.9 Å². The zero-order valence-corrected chi connectivity index (χ0v) is 16.6. The Bertz CT molecular complexity index is 884. The molecule has 1 aliphatic rings. The number of hydrogen-bond donors (Lipinski definition) is 2. The topological polar surface area (TPSA) is 87.5 Å². The van der Waals surface area contributed by atoms with Crippen molar-refractivity contribution >= 4 is 28.9 Å². The number of amides is 1. The van der Waals surface area contributed by atoms with Gasteiger partial charge >= 0.3 is 0 Å². The highest BCUT2D eigenvalue weighted by molar-refractivity contribution is 6.31. The van der Waals surface area contributed by atoms with E-state index < -0.39 is 4.92 Å². The Hall–Kier alpha value is -2.64. The predicted octanol–water partition coefficient (Wildman–Crippen LogP) is 3.86. The molecule has 1 amide bonds. The Labute approximate surface area is 168 Å². The van der Waals surface area contributed by atoms with Crippen molar-refractivity contribution in [3.05, 3.63) is 68.7 Å². The quantitative estimate of drug-likeness (QED) is 0.517. The number of carbonyl (C=O) groups excluding carboxylic acids is 1. The minimum Gasteiger partial charge on any atom is -0.377 e. The van der Waals surface area contributed by atoms with Crippen LogP contribution in [0.25, 0.3) is 0 Å². The Kier molecular flexibility index (Phi) is 6.16. The number of benzene rings is 2. The van der Waals surface area contributed by atoms with E-state index in [4.69, 9.17) is 11.6 Å². The second kappa shape index (κ2) is 8.58. The Morgan fingerprint density at radius 1 is 1.29 bits per heavy atom. The molecule has 0 radical (unpaired) electrons. The number of halogens is 1. The second-order valence-corrected chi connectivity index (χ2v) is 7.53. The Morgan fingerprint density at radius 3 is 2.61 bits per heavy atom. The summed E-state index contributed by atoms with van der Waals surface area (Å²) in [5, 5.41) is 18.0. The molecule has 28 heavy (non-hydrogen) atoms. The third-order valence-corrected chi connectivity index (χ3v) is 5.08. The van der Waals surface area contributed by atoms with Gasteiger partial charge in [0.15, 0.2) is 0 Å². The fraction of sp³-hybridized carbons (Fsp3) is 0.350. The van der Waals surface area contributed by atoms with E-state index in [1.165, 1.54) is 6.07 Å². The maximum absolute atomic E-state index is 12.6. The van der Waals surface area contributed by atoms with E-state index in [1.54, 1.807) is 12.1 Å². The van der Waals surface area contributed by atoms with Crippen molar-refractivity contribution in [2.24, 2.45) is 0 Å². The van der Waals surface area contributed by atoms with Crippen LogP contribution in [-0.4, -0.2) is 42.4 Å². The number of nitro groups is 1. The number of anilines is 1. The van der Waals surface area contributed by atoms with Crippen LogP contribution >= 0.6 is 11.6 Å². The van der Waals surface area contributed by atoms with Gasteiger partial charge in [0.1, 0.15) is 5.69 Å². The molecule has 148 valence electrons. The second-order valence-electron chi connectivity index (χ2n) is 7.12. The number of rotatable bonds is 8. The molecule has 0 aromatic heterocycles. The first-order chi connectivity index (χ1) is 13.4. The van der Waals surface area contributed by atoms with Gasteiger partial charge in [-0.25, -0.2) is 0 Å². The van der Waals surface area contributed by atoms with Gasteiger partial charge in [-0.2, -0.15) is 0 Å². The van der Waals surface area contributed by atoms with Crippen LogP contribution in [0.2, 0.25) is 5.02 Å². The molecule has 1 fully saturated rings. The lowest BCUT2D eigenvalue weighted by atomic mass is 10.1. The van der Waals surface area contributed by atoms with Gasteiger partial charge in [0, 0.05) is 29.2 Å². The van der Waals surface area contributed by atoms with E-state index in [-0.39, 0.29) is 29.2 Å². The normalized spacial score (nSPS) is 14.6. The van der Waals surface area contributed by atoms with Crippen LogP contribution in [0, 0.1) is 10.1 Å². The van der Waals surface area contributed by atoms with E-state index >= 15 is 0 Å². The molecule has 0 spiro atoms. The Balaban J connectivity index is 1.73. The predicted molar refractivity (Wildman–Crippen MR) is 110 cm³/mol. The van der Waals surface area contributed by atoms with Crippen LogP contribution in [0.3, 0.4) is 0 Å². The monoisotopic (exact) mass is 402 g/mol. The molecule has 0 saturated heterocycles. The first kappa shape index (κ1) is 20.1. The largest absolute Gasteiger partial charge is 0.377 e. The molecule has 2 N–H and O–H groups in total. The molecular weight excluding hydrogens is 380 g/mol. The number of carbonyl (C=O) groups is 1. The molecule has 2 aromatic carbocycles. The summed E-state index contributed by atoms with van der Waals surface area (Å²) in [4.78, 5) is 25.5. The summed E-state index contributed by atoms with van der Waals surface area (Å²) < 4.78 is 0. The highest BCUT2D eigenvalue weighted by Crippen LogP contribution is 2.31. The average molecular weight is 403 g/mol. The lowest BCUT2D eigenvalue weighted by Crippen LogP contribution is -2.34. The maximum atomic E-state index is 12.6.